The average molecular weight is 176 g/mol. The van der Waals surface area contributed by atoms with E-state index < -0.39 is 0 Å². The van der Waals surface area contributed by atoms with Crippen LogP contribution in [0.25, 0.3) is 0 Å². The van der Waals surface area contributed by atoms with Crippen LogP contribution in [-0.2, 0) is 13.0 Å². The van der Waals surface area contributed by atoms with E-state index in [0.29, 0.717) is 0 Å². The highest BCUT2D eigenvalue weighted by atomic mass is 15.1. The molecule has 0 spiro atoms. The van der Waals surface area contributed by atoms with Gasteiger partial charge >= 0.3 is 0 Å². The molecule has 2 nitrogen and oxygen atoms in total. The monoisotopic (exact) mass is 176 g/mol. The molecule has 1 saturated carbocycles. The van der Waals surface area contributed by atoms with E-state index in [1.807, 2.05) is 0 Å². The van der Waals surface area contributed by atoms with Crippen LogP contribution in [0.15, 0.2) is 0 Å². The molecule has 1 aromatic rings. The van der Waals surface area contributed by atoms with Crippen LogP contribution in [0.4, 0.5) is 0 Å². The Hall–Kier alpha value is -0.790. The zero-order chi connectivity index (χ0) is 8.84. The number of hydrogen-bond donors (Lipinski definition) is 0. The van der Waals surface area contributed by atoms with Crippen molar-refractivity contribution < 1.29 is 0 Å². The van der Waals surface area contributed by atoms with Gasteiger partial charge in [0, 0.05) is 24.6 Å². The van der Waals surface area contributed by atoms with E-state index in [9.17, 15) is 0 Å². The normalized spacial score (nSPS) is 21.6. The van der Waals surface area contributed by atoms with Gasteiger partial charge in [0.1, 0.15) is 5.82 Å². The van der Waals surface area contributed by atoms with Crippen LogP contribution in [0, 0.1) is 6.92 Å². The van der Waals surface area contributed by atoms with Gasteiger partial charge < -0.3 is 4.57 Å². The maximum Gasteiger partial charge on any atom is 0.109 e. The lowest BCUT2D eigenvalue weighted by atomic mass is 10.1. The van der Waals surface area contributed by atoms with E-state index in [1.54, 1.807) is 0 Å². The molecule has 1 fully saturated rings. The second kappa shape index (κ2) is 2.60. The summed E-state index contributed by atoms with van der Waals surface area (Å²) in [4.78, 5) is 4.78. The lowest BCUT2D eigenvalue weighted by Crippen LogP contribution is -2.11. The number of nitrogens with zero attached hydrogens (tertiary/aromatic N) is 2. The van der Waals surface area contributed by atoms with Crippen LogP contribution in [0.2, 0.25) is 0 Å². The number of rotatable bonds is 1. The van der Waals surface area contributed by atoms with Crippen molar-refractivity contribution in [2.75, 3.05) is 0 Å². The molecule has 0 saturated heterocycles. The Bertz CT molecular complexity index is 334. The molecule has 2 heteroatoms. The second-order valence-corrected chi connectivity index (χ2v) is 4.38. The summed E-state index contributed by atoms with van der Waals surface area (Å²) in [6.07, 6.45) is 6.62. The Morgan fingerprint density at radius 3 is 2.85 bits per heavy atom. The van der Waals surface area contributed by atoms with E-state index in [1.165, 1.54) is 55.9 Å². The highest BCUT2D eigenvalue weighted by Crippen LogP contribution is 2.41. The van der Waals surface area contributed by atoms with Crippen LogP contribution in [0.3, 0.4) is 0 Å². The molecule has 0 atom stereocenters. The Morgan fingerprint density at radius 2 is 2.15 bits per heavy atom. The molecule has 13 heavy (non-hydrogen) atoms. The standard InChI is InChI=1S/C11H16N2/c1-8-11(9-5-6-9)12-10-4-2-3-7-13(8)10/h9H,2-7H2,1H3. The highest BCUT2D eigenvalue weighted by molar-refractivity contribution is 5.24. The Morgan fingerprint density at radius 1 is 1.31 bits per heavy atom. The number of hydrogen-bond acceptors (Lipinski definition) is 1. The van der Waals surface area contributed by atoms with Crippen molar-refractivity contribution in [3.8, 4) is 0 Å². The van der Waals surface area contributed by atoms with Gasteiger partial charge in [0.05, 0.1) is 5.69 Å². The van der Waals surface area contributed by atoms with Crippen molar-refractivity contribution in [1.29, 1.82) is 0 Å². The van der Waals surface area contributed by atoms with Gasteiger partial charge in [-0.1, -0.05) is 0 Å². The fourth-order valence-electron chi connectivity index (χ4n) is 2.40. The summed E-state index contributed by atoms with van der Waals surface area (Å²) >= 11 is 0. The van der Waals surface area contributed by atoms with Gasteiger partial charge in [-0.15, -0.1) is 0 Å². The fraction of sp³-hybridized carbons (Fsp3) is 0.727. The smallest absolute Gasteiger partial charge is 0.109 e. The summed E-state index contributed by atoms with van der Waals surface area (Å²) in [5.74, 6) is 2.17. The van der Waals surface area contributed by atoms with Gasteiger partial charge in [-0.05, 0) is 32.6 Å². The lowest BCUT2D eigenvalue weighted by Gasteiger charge is -2.14. The predicted molar refractivity (Wildman–Crippen MR) is 51.9 cm³/mol. The number of imidazole rings is 1. The minimum absolute atomic E-state index is 0.818. The predicted octanol–water partition coefficient (Wildman–Crippen LogP) is 2.41. The summed E-state index contributed by atoms with van der Waals surface area (Å²) in [7, 11) is 0. The summed E-state index contributed by atoms with van der Waals surface area (Å²) in [6, 6.07) is 0. The molecule has 0 N–H and O–H groups in total. The van der Waals surface area contributed by atoms with E-state index in [2.05, 4.69) is 11.5 Å². The van der Waals surface area contributed by atoms with Gasteiger partial charge in [-0.25, -0.2) is 4.98 Å². The highest BCUT2D eigenvalue weighted by Gasteiger charge is 2.30. The summed E-state index contributed by atoms with van der Waals surface area (Å²) in [5.41, 5.74) is 2.87. The molecule has 0 bridgehead atoms. The van der Waals surface area contributed by atoms with Gasteiger partial charge in [0.25, 0.3) is 0 Å². The zero-order valence-electron chi connectivity index (χ0n) is 8.21. The number of fused-ring (bicyclic) bond motifs is 1. The number of aryl methyl sites for hydroxylation is 1. The third-order valence-corrected chi connectivity index (χ3v) is 3.33. The molecule has 3 rings (SSSR count). The average Bonchev–Trinajstić information content (AvgIpc) is 2.94. The third-order valence-electron chi connectivity index (χ3n) is 3.33. The maximum absolute atomic E-state index is 4.78. The SMILES string of the molecule is Cc1c(C2CC2)nc2n1CCCC2. The fourth-order valence-corrected chi connectivity index (χ4v) is 2.40. The van der Waals surface area contributed by atoms with E-state index in [-0.39, 0.29) is 0 Å². The Kier molecular flexibility index (Phi) is 1.52. The van der Waals surface area contributed by atoms with Crippen LogP contribution < -0.4 is 0 Å². The molecule has 0 aromatic carbocycles. The molecule has 1 aliphatic carbocycles. The van der Waals surface area contributed by atoms with Crippen molar-refractivity contribution in [3.05, 3.63) is 17.2 Å². The van der Waals surface area contributed by atoms with Crippen molar-refractivity contribution >= 4 is 0 Å². The molecule has 0 unspecified atom stereocenters. The van der Waals surface area contributed by atoms with Crippen LogP contribution in [0.5, 0.6) is 0 Å². The number of aromatic nitrogens is 2. The van der Waals surface area contributed by atoms with Crippen molar-refractivity contribution in [2.45, 2.75) is 51.5 Å². The molecule has 1 aromatic heterocycles. The molecule has 0 amide bonds. The first-order chi connectivity index (χ1) is 6.36. The van der Waals surface area contributed by atoms with Crippen molar-refractivity contribution in [1.82, 2.24) is 9.55 Å². The first-order valence-electron chi connectivity index (χ1n) is 5.42. The van der Waals surface area contributed by atoms with Crippen LogP contribution in [-0.4, -0.2) is 9.55 Å². The zero-order valence-corrected chi connectivity index (χ0v) is 8.21. The largest absolute Gasteiger partial charge is 0.332 e. The quantitative estimate of drug-likeness (QED) is 0.642. The molecule has 70 valence electrons. The second-order valence-electron chi connectivity index (χ2n) is 4.38. The van der Waals surface area contributed by atoms with E-state index in [4.69, 9.17) is 4.98 Å². The van der Waals surface area contributed by atoms with Crippen LogP contribution in [0.1, 0.15) is 48.8 Å². The van der Waals surface area contributed by atoms with Gasteiger partial charge in [-0.2, -0.15) is 0 Å². The third kappa shape index (κ3) is 1.11. The molecular weight excluding hydrogens is 160 g/mol. The first kappa shape index (κ1) is 7.60. The topological polar surface area (TPSA) is 17.8 Å². The molecule has 1 aliphatic heterocycles. The molecule has 2 aliphatic rings. The summed E-state index contributed by atoms with van der Waals surface area (Å²) < 4.78 is 2.44. The first-order valence-corrected chi connectivity index (χ1v) is 5.42. The van der Waals surface area contributed by atoms with E-state index in [0.717, 1.165) is 5.92 Å². The summed E-state index contributed by atoms with van der Waals surface area (Å²) in [6.45, 7) is 3.45. The van der Waals surface area contributed by atoms with Gasteiger partial charge in [0.15, 0.2) is 0 Å². The minimum Gasteiger partial charge on any atom is -0.332 e. The van der Waals surface area contributed by atoms with Crippen molar-refractivity contribution in [2.24, 2.45) is 0 Å². The molecule has 0 radical (unpaired) electrons. The van der Waals surface area contributed by atoms with E-state index >= 15 is 0 Å². The van der Waals surface area contributed by atoms with Gasteiger partial charge in [0.2, 0.25) is 0 Å². The molecular formula is C11H16N2. The maximum atomic E-state index is 4.78. The lowest BCUT2D eigenvalue weighted by molar-refractivity contribution is 0.514. The van der Waals surface area contributed by atoms with Crippen LogP contribution >= 0.6 is 0 Å². The Balaban J connectivity index is 2.06. The summed E-state index contributed by atoms with van der Waals surface area (Å²) in [5, 5.41) is 0. The Labute approximate surface area is 79.0 Å². The molecule has 2 heterocycles. The minimum atomic E-state index is 0.818. The van der Waals surface area contributed by atoms with Gasteiger partial charge in [-0.3, -0.25) is 0 Å². The van der Waals surface area contributed by atoms with Crippen molar-refractivity contribution in [3.63, 3.8) is 0 Å².